The Hall–Kier alpha value is -1.91. The molecule has 22 heavy (non-hydrogen) atoms. The molecule has 0 aliphatic heterocycles. The van der Waals surface area contributed by atoms with Gasteiger partial charge in [-0.25, -0.2) is 4.39 Å². The van der Waals surface area contributed by atoms with Gasteiger partial charge in [0.15, 0.2) is 5.92 Å². The van der Waals surface area contributed by atoms with Crippen LogP contribution in [0.5, 0.6) is 0 Å². The molecule has 0 radical (unpaired) electrons. The average Bonchev–Trinajstić information content (AvgIpc) is 2.47. The van der Waals surface area contributed by atoms with Crippen LogP contribution < -0.4 is 0 Å². The van der Waals surface area contributed by atoms with Crippen LogP contribution >= 0.6 is 0 Å². The van der Waals surface area contributed by atoms with E-state index in [1.807, 2.05) is 13.8 Å². The molecule has 0 saturated carbocycles. The Morgan fingerprint density at radius 1 is 1.14 bits per heavy atom. The third-order valence-corrected chi connectivity index (χ3v) is 3.50. The molecule has 4 nitrogen and oxygen atoms in total. The van der Waals surface area contributed by atoms with Crippen LogP contribution in [-0.2, 0) is 19.1 Å². The van der Waals surface area contributed by atoms with Crippen LogP contribution in [0.3, 0.4) is 0 Å². The molecular formula is C17H23FO4. The Bertz CT molecular complexity index is 509. The molecule has 0 N–H and O–H groups in total. The van der Waals surface area contributed by atoms with Gasteiger partial charge in [-0.05, 0) is 56.4 Å². The van der Waals surface area contributed by atoms with Gasteiger partial charge in [0.1, 0.15) is 5.82 Å². The molecule has 0 aliphatic rings. The smallest absolute Gasteiger partial charge is 0.320 e. The van der Waals surface area contributed by atoms with E-state index in [1.165, 1.54) is 12.1 Å². The van der Waals surface area contributed by atoms with Crippen molar-refractivity contribution in [1.82, 2.24) is 0 Å². The van der Waals surface area contributed by atoms with E-state index in [1.54, 1.807) is 19.9 Å². The summed E-state index contributed by atoms with van der Waals surface area (Å²) < 4.78 is 23.3. The summed E-state index contributed by atoms with van der Waals surface area (Å²) in [6.07, 6.45) is 0.224. The summed E-state index contributed by atoms with van der Waals surface area (Å²) in [6, 6.07) is 4.51. The van der Waals surface area contributed by atoms with Gasteiger partial charge >= 0.3 is 11.9 Å². The van der Waals surface area contributed by atoms with E-state index in [4.69, 9.17) is 9.47 Å². The summed E-state index contributed by atoms with van der Waals surface area (Å²) in [5.41, 5.74) is 1.69. The zero-order chi connectivity index (χ0) is 16.7. The number of halogens is 1. The summed E-state index contributed by atoms with van der Waals surface area (Å²) in [4.78, 5) is 24.0. The third-order valence-electron chi connectivity index (χ3n) is 3.50. The summed E-state index contributed by atoms with van der Waals surface area (Å²) in [5, 5.41) is 0. The maximum atomic E-state index is 13.4. The molecule has 0 saturated heterocycles. The zero-order valence-corrected chi connectivity index (χ0v) is 13.5. The number of rotatable bonds is 7. The van der Waals surface area contributed by atoms with E-state index in [0.717, 1.165) is 11.1 Å². The molecule has 0 bridgehead atoms. The average molecular weight is 310 g/mol. The van der Waals surface area contributed by atoms with Crippen molar-refractivity contribution in [2.24, 2.45) is 5.92 Å². The maximum Gasteiger partial charge on any atom is 0.320 e. The first-order chi connectivity index (χ1) is 10.4. The lowest BCUT2D eigenvalue weighted by molar-refractivity contribution is -0.162. The van der Waals surface area contributed by atoms with E-state index >= 15 is 0 Å². The number of ether oxygens (including phenoxy) is 2. The molecule has 1 aromatic rings. The van der Waals surface area contributed by atoms with Crippen molar-refractivity contribution >= 4 is 11.9 Å². The molecule has 1 aromatic carbocycles. The number of carbonyl (C=O) groups excluding carboxylic acids is 2. The molecule has 0 spiro atoms. The van der Waals surface area contributed by atoms with Gasteiger partial charge in [-0.3, -0.25) is 9.59 Å². The van der Waals surface area contributed by atoms with Crippen LogP contribution in [0.2, 0.25) is 0 Å². The second kappa shape index (κ2) is 8.51. The van der Waals surface area contributed by atoms with E-state index in [2.05, 4.69) is 0 Å². The van der Waals surface area contributed by atoms with Crippen LogP contribution in [0, 0.1) is 18.7 Å². The minimum absolute atomic E-state index is 0.172. The highest BCUT2D eigenvalue weighted by Crippen LogP contribution is 2.28. The normalized spacial score (nSPS) is 12.1. The van der Waals surface area contributed by atoms with E-state index < -0.39 is 17.9 Å². The Labute approximate surface area is 130 Å². The van der Waals surface area contributed by atoms with E-state index in [9.17, 15) is 14.0 Å². The molecule has 0 aromatic heterocycles. The zero-order valence-electron chi connectivity index (χ0n) is 13.5. The van der Waals surface area contributed by atoms with Crippen LogP contribution in [0.4, 0.5) is 4.39 Å². The SMILES string of the molecule is CCOC(=O)C(CC(C)c1cc(F)ccc1C)C(=O)OCC. The number of hydrogen-bond acceptors (Lipinski definition) is 4. The highest BCUT2D eigenvalue weighted by molar-refractivity contribution is 5.95. The highest BCUT2D eigenvalue weighted by Gasteiger charge is 2.31. The number of carbonyl (C=O) groups is 2. The van der Waals surface area contributed by atoms with Crippen LogP contribution in [0.1, 0.15) is 44.2 Å². The Morgan fingerprint density at radius 2 is 1.68 bits per heavy atom. The minimum Gasteiger partial charge on any atom is -0.465 e. The van der Waals surface area contributed by atoms with Crippen molar-refractivity contribution in [3.8, 4) is 0 Å². The van der Waals surface area contributed by atoms with Crippen LogP contribution in [0.25, 0.3) is 0 Å². The van der Waals surface area contributed by atoms with Crippen molar-refractivity contribution in [3.05, 3.63) is 35.1 Å². The van der Waals surface area contributed by atoms with Gasteiger partial charge in [0, 0.05) is 0 Å². The third kappa shape index (κ3) is 4.83. The monoisotopic (exact) mass is 310 g/mol. The van der Waals surface area contributed by atoms with Gasteiger partial charge in [0.05, 0.1) is 13.2 Å². The molecule has 0 heterocycles. The molecule has 0 amide bonds. The maximum absolute atomic E-state index is 13.4. The standard InChI is InChI=1S/C17H23FO4/c1-5-21-16(19)15(17(20)22-6-2)9-12(4)14-10-13(18)8-7-11(14)3/h7-8,10,12,15H,5-6,9H2,1-4H3. The van der Waals surface area contributed by atoms with E-state index in [-0.39, 0.29) is 31.4 Å². The van der Waals surface area contributed by atoms with Crippen molar-refractivity contribution in [3.63, 3.8) is 0 Å². The largest absolute Gasteiger partial charge is 0.465 e. The number of esters is 2. The molecule has 1 rings (SSSR count). The fourth-order valence-corrected chi connectivity index (χ4v) is 2.40. The van der Waals surface area contributed by atoms with Crippen molar-refractivity contribution in [2.75, 3.05) is 13.2 Å². The van der Waals surface area contributed by atoms with Gasteiger partial charge in [-0.1, -0.05) is 13.0 Å². The van der Waals surface area contributed by atoms with Gasteiger partial charge in [-0.2, -0.15) is 0 Å². The van der Waals surface area contributed by atoms with Crippen molar-refractivity contribution in [2.45, 2.75) is 40.0 Å². The predicted molar refractivity (Wildman–Crippen MR) is 80.9 cm³/mol. The van der Waals surface area contributed by atoms with Gasteiger partial charge < -0.3 is 9.47 Å². The van der Waals surface area contributed by atoms with Crippen molar-refractivity contribution < 1.29 is 23.5 Å². The van der Waals surface area contributed by atoms with Gasteiger partial charge in [0.2, 0.25) is 0 Å². The summed E-state index contributed by atoms with van der Waals surface area (Å²) in [6.45, 7) is 7.48. The van der Waals surface area contributed by atoms with Gasteiger partial charge in [0.25, 0.3) is 0 Å². The first-order valence-corrected chi connectivity index (χ1v) is 7.49. The number of benzene rings is 1. The first kappa shape index (κ1) is 18.1. The quantitative estimate of drug-likeness (QED) is 0.572. The van der Waals surface area contributed by atoms with E-state index in [0.29, 0.717) is 0 Å². The first-order valence-electron chi connectivity index (χ1n) is 7.49. The molecular weight excluding hydrogens is 287 g/mol. The minimum atomic E-state index is -0.988. The lowest BCUT2D eigenvalue weighted by Gasteiger charge is -2.20. The Morgan fingerprint density at radius 3 is 2.18 bits per heavy atom. The Balaban J connectivity index is 2.94. The highest BCUT2D eigenvalue weighted by atomic mass is 19.1. The lowest BCUT2D eigenvalue weighted by Crippen LogP contribution is -2.29. The molecule has 1 unspecified atom stereocenters. The molecule has 5 heteroatoms. The van der Waals surface area contributed by atoms with Crippen LogP contribution in [0.15, 0.2) is 18.2 Å². The van der Waals surface area contributed by atoms with Crippen molar-refractivity contribution in [1.29, 1.82) is 0 Å². The molecule has 0 aliphatic carbocycles. The fourth-order valence-electron chi connectivity index (χ4n) is 2.40. The molecule has 0 fully saturated rings. The van der Waals surface area contributed by atoms with Gasteiger partial charge in [-0.15, -0.1) is 0 Å². The summed E-state index contributed by atoms with van der Waals surface area (Å²) in [5.74, 6) is -2.69. The topological polar surface area (TPSA) is 52.6 Å². The molecule has 1 atom stereocenters. The lowest BCUT2D eigenvalue weighted by atomic mass is 9.88. The van der Waals surface area contributed by atoms with Crippen LogP contribution in [-0.4, -0.2) is 25.2 Å². The fraction of sp³-hybridized carbons (Fsp3) is 0.529. The summed E-state index contributed by atoms with van der Waals surface area (Å²) in [7, 11) is 0. The second-order valence-electron chi connectivity index (χ2n) is 5.19. The molecule has 122 valence electrons. The summed E-state index contributed by atoms with van der Waals surface area (Å²) >= 11 is 0. The second-order valence-corrected chi connectivity index (χ2v) is 5.19. The predicted octanol–water partition coefficient (Wildman–Crippen LogP) is 3.37. The Kier molecular flexibility index (Phi) is 7.02. The number of hydrogen-bond donors (Lipinski definition) is 0. The number of aryl methyl sites for hydroxylation is 1.